The van der Waals surface area contributed by atoms with Crippen molar-refractivity contribution in [2.24, 2.45) is 0 Å². The Labute approximate surface area is 121 Å². The summed E-state index contributed by atoms with van der Waals surface area (Å²) in [5.74, 6) is 4.67. The first-order chi connectivity index (χ1) is 9.06. The van der Waals surface area contributed by atoms with Crippen molar-refractivity contribution >= 4 is 11.8 Å². The Morgan fingerprint density at radius 3 is 3.00 bits per heavy atom. The quantitative estimate of drug-likeness (QED) is 0.898. The SMILES string of the molecule is Cc1cc(CN2CCSCC2C)oc1CNC(C)C. The largest absolute Gasteiger partial charge is 0.463 e. The molecule has 1 aliphatic heterocycles. The standard InChI is InChI=1S/C15H26N2OS/c1-11(2)16-8-15-12(3)7-14(18-15)9-17-5-6-19-10-13(17)4/h7,11,13,16H,5-6,8-10H2,1-4H3. The molecule has 19 heavy (non-hydrogen) atoms. The maximum atomic E-state index is 6.00. The van der Waals surface area contributed by atoms with Gasteiger partial charge in [0, 0.05) is 30.1 Å². The molecule has 0 bridgehead atoms. The van der Waals surface area contributed by atoms with Gasteiger partial charge in [-0.15, -0.1) is 0 Å². The molecule has 1 fully saturated rings. The highest BCUT2D eigenvalue weighted by Gasteiger charge is 2.20. The molecule has 0 radical (unpaired) electrons. The third-order valence-electron chi connectivity index (χ3n) is 3.61. The van der Waals surface area contributed by atoms with Crippen molar-refractivity contribution in [3.63, 3.8) is 0 Å². The van der Waals surface area contributed by atoms with Gasteiger partial charge >= 0.3 is 0 Å². The van der Waals surface area contributed by atoms with Gasteiger partial charge in [0.1, 0.15) is 11.5 Å². The lowest BCUT2D eigenvalue weighted by atomic mass is 10.2. The zero-order valence-corrected chi connectivity index (χ0v) is 13.3. The maximum absolute atomic E-state index is 6.00. The average molecular weight is 282 g/mol. The minimum atomic E-state index is 0.493. The molecule has 1 aromatic rings. The molecule has 0 aliphatic carbocycles. The molecule has 0 amide bonds. The van der Waals surface area contributed by atoms with E-state index in [9.17, 15) is 0 Å². The smallest absolute Gasteiger partial charge is 0.120 e. The van der Waals surface area contributed by atoms with Crippen LogP contribution in [-0.2, 0) is 13.1 Å². The predicted molar refractivity (Wildman–Crippen MR) is 82.6 cm³/mol. The van der Waals surface area contributed by atoms with Crippen LogP contribution in [0.25, 0.3) is 0 Å². The monoisotopic (exact) mass is 282 g/mol. The third-order valence-corrected chi connectivity index (χ3v) is 4.80. The van der Waals surface area contributed by atoms with Crippen molar-refractivity contribution in [1.82, 2.24) is 10.2 Å². The summed E-state index contributed by atoms with van der Waals surface area (Å²) in [6.07, 6.45) is 0. The van der Waals surface area contributed by atoms with Gasteiger partial charge < -0.3 is 9.73 Å². The number of nitrogens with one attached hydrogen (secondary N) is 1. The van der Waals surface area contributed by atoms with Gasteiger partial charge in [0.05, 0.1) is 13.1 Å². The van der Waals surface area contributed by atoms with E-state index in [0.29, 0.717) is 12.1 Å². The summed E-state index contributed by atoms with van der Waals surface area (Å²) in [7, 11) is 0. The summed E-state index contributed by atoms with van der Waals surface area (Å²) in [5, 5.41) is 3.42. The van der Waals surface area contributed by atoms with Crippen LogP contribution < -0.4 is 5.32 Å². The first kappa shape index (κ1) is 14.9. The second kappa shape index (κ2) is 6.82. The second-order valence-corrected chi connectivity index (χ2v) is 6.90. The van der Waals surface area contributed by atoms with Crippen LogP contribution in [0.15, 0.2) is 10.5 Å². The molecule has 0 saturated carbocycles. The number of furan rings is 1. The Morgan fingerprint density at radius 2 is 2.32 bits per heavy atom. The molecule has 3 nitrogen and oxygen atoms in total. The molecule has 108 valence electrons. The molecular formula is C15H26N2OS. The second-order valence-electron chi connectivity index (χ2n) is 5.75. The van der Waals surface area contributed by atoms with Crippen molar-refractivity contribution in [2.75, 3.05) is 18.1 Å². The van der Waals surface area contributed by atoms with Crippen LogP contribution in [0.3, 0.4) is 0 Å². The number of hydrogen-bond acceptors (Lipinski definition) is 4. The van der Waals surface area contributed by atoms with E-state index < -0.39 is 0 Å². The van der Waals surface area contributed by atoms with Gasteiger partial charge in [-0.2, -0.15) is 11.8 Å². The van der Waals surface area contributed by atoms with E-state index in [2.05, 4.69) is 55.7 Å². The van der Waals surface area contributed by atoms with Crippen molar-refractivity contribution in [1.29, 1.82) is 0 Å². The highest BCUT2D eigenvalue weighted by molar-refractivity contribution is 7.99. The number of hydrogen-bond donors (Lipinski definition) is 1. The number of nitrogens with zero attached hydrogens (tertiary/aromatic N) is 1. The van der Waals surface area contributed by atoms with E-state index in [1.54, 1.807) is 0 Å². The molecule has 1 N–H and O–H groups in total. The Morgan fingerprint density at radius 1 is 1.53 bits per heavy atom. The lowest BCUT2D eigenvalue weighted by molar-refractivity contribution is 0.204. The Balaban J connectivity index is 1.95. The molecule has 1 aromatic heterocycles. The predicted octanol–water partition coefficient (Wildman–Crippen LogP) is 3.02. The molecule has 1 saturated heterocycles. The van der Waals surface area contributed by atoms with E-state index in [1.807, 2.05) is 0 Å². The van der Waals surface area contributed by atoms with Gasteiger partial charge in [0.2, 0.25) is 0 Å². The zero-order valence-electron chi connectivity index (χ0n) is 12.5. The van der Waals surface area contributed by atoms with Crippen molar-refractivity contribution in [3.05, 3.63) is 23.2 Å². The van der Waals surface area contributed by atoms with Gasteiger partial charge in [0.25, 0.3) is 0 Å². The van der Waals surface area contributed by atoms with E-state index in [-0.39, 0.29) is 0 Å². The molecule has 1 aliphatic rings. The highest BCUT2D eigenvalue weighted by atomic mass is 32.2. The average Bonchev–Trinajstić information content (AvgIpc) is 2.70. The van der Waals surface area contributed by atoms with Gasteiger partial charge in [-0.1, -0.05) is 13.8 Å². The maximum Gasteiger partial charge on any atom is 0.120 e. The topological polar surface area (TPSA) is 28.4 Å². The fourth-order valence-electron chi connectivity index (χ4n) is 2.34. The summed E-state index contributed by atoms with van der Waals surface area (Å²) in [6, 6.07) is 3.35. The van der Waals surface area contributed by atoms with Crippen LogP contribution in [0, 0.1) is 6.92 Å². The zero-order chi connectivity index (χ0) is 13.8. The summed E-state index contributed by atoms with van der Waals surface area (Å²) in [5.41, 5.74) is 1.27. The first-order valence-corrected chi connectivity index (χ1v) is 8.35. The van der Waals surface area contributed by atoms with E-state index in [0.717, 1.165) is 24.6 Å². The fourth-order valence-corrected chi connectivity index (χ4v) is 3.42. The summed E-state index contributed by atoms with van der Waals surface area (Å²) in [6.45, 7) is 11.7. The third kappa shape index (κ3) is 4.26. The molecule has 0 aromatic carbocycles. The Hall–Kier alpha value is -0.450. The minimum absolute atomic E-state index is 0.493. The summed E-state index contributed by atoms with van der Waals surface area (Å²) < 4.78 is 6.00. The van der Waals surface area contributed by atoms with Crippen molar-refractivity contribution in [2.45, 2.75) is 52.9 Å². The molecule has 1 unspecified atom stereocenters. The van der Waals surface area contributed by atoms with Crippen LogP contribution in [0.2, 0.25) is 0 Å². The van der Waals surface area contributed by atoms with Crippen LogP contribution >= 0.6 is 11.8 Å². The van der Waals surface area contributed by atoms with Crippen LogP contribution in [0.5, 0.6) is 0 Å². The number of aryl methyl sites for hydroxylation is 1. The number of rotatable bonds is 5. The van der Waals surface area contributed by atoms with Gasteiger partial charge in [0.15, 0.2) is 0 Å². The van der Waals surface area contributed by atoms with Gasteiger partial charge in [-0.05, 0) is 25.5 Å². The van der Waals surface area contributed by atoms with Crippen LogP contribution in [0.4, 0.5) is 0 Å². The summed E-state index contributed by atoms with van der Waals surface area (Å²) in [4.78, 5) is 2.52. The lowest BCUT2D eigenvalue weighted by Crippen LogP contribution is -2.39. The Kier molecular flexibility index (Phi) is 5.37. The lowest BCUT2D eigenvalue weighted by Gasteiger charge is -2.32. The fraction of sp³-hybridized carbons (Fsp3) is 0.733. The van der Waals surface area contributed by atoms with Gasteiger partial charge in [-0.3, -0.25) is 4.90 Å². The van der Waals surface area contributed by atoms with Crippen molar-refractivity contribution in [3.8, 4) is 0 Å². The van der Waals surface area contributed by atoms with Crippen molar-refractivity contribution < 1.29 is 4.42 Å². The van der Waals surface area contributed by atoms with E-state index in [1.165, 1.54) is 23.6 Å². The molecule has 0 spiro atoms. The molecular weight excluding hydrogens is 256 g/mol. The minimum Gasteiger partial charge on any atom is -0.463 e. The van der Waals surface area contributed by atoms with Crippen LogP contribution in [-0.4, -0.2) is 35.0 Å². The molecule has 2 heterocycles. The van der Waals surface area contributed by atoms with Gasteiger partial charge in [-0.25, -0.2) is 0 Å². The molecule has 1 atom stereocenters. The normalized spacial score (nSPS) is 21.2. The summed E-state index contributed by atoms with van der Waals surface area (Å²) >= 11 is 2.05. The first-order valence-electron chi connectivity index (χ1n) is 7.19. The van der Waals surface area contributed by atoms with E-state index >= 15 is 0 Å². The highest BCUT2D eigenvalue weighted by Crippen LogP contribution is 2.21. The van der Waals surface area contributed by atoms with Crippen LogP contribution in [0.1, 0.15) is 37.9 Å². The molecule has 2 rings (SSSR count). The Bertz CT molecular complexity index is 403. The van der Waals surface area contributed by atoms with E-state index in [4.69, 9.17) is 4.42 Å². The number of thioether (sulfide) groups is 1. The molecule has 4 heteroatoms.